The van der Waals surface area contributed by atoms with Gasteiger partial charge >= 0.3 is 0 Å². The highest BCUT2D eigenvalue weighted by Crippen LogP contribution is 2.25. The summed E-state index contributed by atoms with van der Waals surface area (Å²) in [6.45, 7) is 7.71. The van der Waals surface area contributed by atoms with Gasteiger partial charge in [0.25, 0.3) is 0 Å². The molecule has 7 nitrogen and oxygen atoms in total. The van der Waals surface area contributed by atoms with Gasteiger partial charge in [0, 0.05) is 25.6 Å². The monoisotopic (exact) mass is 555 g/mol. The molecule has 36 heavy (non-hydrogen) atoms. The fourth-order valence-electron chi connectivity index (χ4n) is 3.71. The van der Waals surface area contributed by atoms with Crippen LogP contribution in [0.5, 0.6) is 0 Å². The van der Waals surface area contributed by atoms with E-state index in [2.05, 4.69) is 5.32 Å². The van der Waals surface area contributed by atoms with Gasteiger partial charge in [-0.1, -0.05) is 54.4 Å². The molecule has 0 aliphatic heterocycles. The Bertz CT molecular complexity index is 1170. The first-order chi connectivity index (χ1) is 16.8. The van der Waals surface area contributed by atoms with Gasteiger partial charge in [0.2, 0.25) is 21.8 Å². The molecule has 2 rings (SSSR count). The van der Waals surface area contributed by atoms with Crippen LogP contribution in [0.25, 0.3) is 0 Å². The van der Waals surface area contributed by atoms with Crippen LogP contribution in [0.4, 0.5) is 5.69 Å². The van der Waals surface area contributed by atoms with Crippen LogP contribution in [-0.2, 0) is 26.2 Å². The molecule has 0 bridgehead atoms. The molecule has 2 amide bonds. The summed E-state index contributed by atoms with van der Waals surface area (Å²) < 4.78 is 26.3. The number of carbonyl (C=O) groups is 2. The largest absolute Gasteiger partial charge is 0.352 e. The molecular formula is C26H35Cl2N3O4S. The van der Waals surface area contributed by atoms with Gasteiger partial charge in [-0.25, -0.2) is 8.42 Å². The maximum atomic E-state index is 13.4. The minimum absolute atomic E-state index is 0.0284. The number of halogens is 2. The second kappa shape index (κ2) is 13.3. The van der Waals surface area contributed by atoms with Crippen LogP contribution < -0.4 is 9.62 Å². The molecule has 0 saturated heterocycles. The minimum Gasteiger partial charge on any atom is -0.352 e. The lowest BCUT2D eigenvalue weighted by molar-refractivity contribution is -0.140. The fraction of sp³-hybridized carbons (Fsp3) is 0.462. The third-order valence-corrected chi connectivity index (χ3v) is 7.96. The molecule has 0 aliphatic carbocycles. The highest BCUT2D eigenvalue weighted by atomic mass is 35.5. The molecule has 0 spiro atoms. The average molecular weight is 557 g/mol. The lowest BCUT2D eigenvalue weighted by Crippen LogP contribution is -2.49. The summed E-state index contributed by atoms with van der Waals surface area (Å²) in [4.78, 5) is 27.7. The molecule has 2 aromatic carbocycles. The summed E-state index contributed by atoms with van der Waals surface area (Å²) in [6.07, 6.45) is 2.27. The maximum absolute atomic E-state index is 13.4. The summed E-state index contributed by atoms with van der Waals surface area (Å²) in [6, 6.07) is 11.5. The van der Waals surface area contributed by atoms with Gasteiger partial charge in [0.05, 0.1) is 22.0 Å². The number of rotatable bonds is 12. The Morgan fingerprint density at radius 2 is 1.72 bits per heavy atom. The van der Waals surface area contributed by atoms with Crippen molar-refractivity contribution in [1.82, 2.24) is 10.2 Å². The predicted molar refractivity (Wildman–Crippen MR) is 147 cm³/mol. The Balaban J connectivity index is 2.21. The van der Waals surface area contributed by atoms with Crippen molar-refractivity contribution in [3.05, 3.63) is 63.6 Å². The molecule has 198 valence electrons. The van der Waals surface area contributed by atoms with Crippen LogP contribution in [0.15, 0.2) is 42.5 Å². The molecule has 0 unspecified atom stereocenters. The van der Waals surface area contributed by atoms with E-state index < -0.39 is 16.1 Å². The number of carbonyl (C=O) groups excluding carboxylic acids is 2. The summed E-state index contributed by atoms with van der Waals surface area (Å²) in [7, 11) is -3.55. The van der Waals surface area contributed by atoms with E-state index in [1.54, 1.807) is 37.3 Å². The van der Waals surface area contributed by atoms with Crippen molar-refractivity contribution in [3.8, 4) is 0 Å². The normalized spacial score (nSPS) is 13.1. The van der Waals surface area contributed by atoms with Crippen LogP contribution in [0.2, 0.25) is 10.0 Å². The topological polar surface area (TPSA) is 86.8 Å². The number of hydrogen-bond donors (Lipinski definition) is 1. The number of para-hydroxylation sites is 1. The molecule has 2 atom stereocenters. The fourth-order valence-corrected chi connectivity index (χ4v) is 5.05. The number of aryl methyl sites for hydroxylation is 1. The molecule has 0 radical (unpaired) electrons. The van der Waals surface area contributed by atoms with E-state index in [1.807, 2.05) is 32.9 Å². The molecule has 0 aromatic heterocycles. The highest BCUT2D eigenvalue weighted by Gasteiger charge is 2.27. The van der Waals surface area contributed by atoms with E-state index in [0.717, 1.165) is 23.8 Å². The third-order valence-electron chi connectivity index (χ3n) is 6.04. The quantitative estimate of drug-likeness (QED) is 0.391. The second-order valence-electron chi connectivity index (χ2n) is 8.99. The Labute approximate surface area is 224 Å². The number of nitrogens with zero attached hydrogens (tertiary/aromatic N) is 2. The van der Waals surface area contributed by atoms with E-state index >= 15 is 0 Å². The van der Waals surface area contributed by atoms with Crippen molar-refractivity contribution in [2.24, 2.45) is 0 Å². The molecular weight excluding hydrogens is 521 g/mol. The van der Waals surface area contributed by atoms with Gasteiger partial charge in [-0.05, 0) is 62.9 Å². The Hall–Kier alpha value is -2.29. The zero-order chi connectivity index (χ0) is 27.0. The molecule has 10 heteroatoms. The van der Waals surface area contributed by atoms with Crippen molar-refractivity contribution in [1.29, 1.82) is 0 Å². The molecule has 0 fully saturated rings. The van der Waals surface area contributed by atoms with Gasteiger partial charge in [-0.3, -0.25) is 13.9 Å². The van der Waals surface area contributed by atoms with E-state index in [1.165, 1.54) is 9.21 Å². The summed E-state index contributed by atoms with van der Waals surface area (Å²) in [5, 5.41) is 3.69. The van der Waals surface area contributed by atoms with Crippen molar-refractivity contribution in [2.75, 3.05) is 17.1 Å². The predicted octanol–water partition coefficient (Wildman–Crippen LogP) is 5.18. The van der Waals surface area contributed by atoms with Gasteiger partial charge in [-0.2, -0.15) is 0 Å². The first-order valence-corrected chi connectivity index (χ1v) is 14.5. The summed E-state index contributed by atoms with van der Waals surface area (Å²) in [5.41, 5.74) is 2.14. The second-order valence-corrected chi connectivity index (χ2v) is 11.7. The Morgan fingerprint density at radius 1 is 1.06 bits per heavy atom. The molecule has 0 heterocycles. The number of benzene rings is 2. The molecule has 1 N–H and O–H groups in total. The Kier molecular flexibility index (Phi) is 11.1. The molecule has 0 saturated carbocycles. The first-order valence-electron chi connectivity index (χ1n) is 11.9. The lowest BCUT2D eigenvalue weighted by atomic mass is 10.1. The van der Waals surface area contributed by atoms with Crippen molar-refractivity contribution in [3.63, 3.8) is 0 Å². The van der Waals surface area contributed by atoms with Gasteiger partial charge in [0.15, 0.2) is 0 Å². The van der Waals surface area contributed by atoms with Crippen LogP contribution in [0.1, 0.15) is 51.2 Å². The Morgan fingerprint density at radius 3 is 2.31 bits per heavy atom. The van der Waals surface area contributed by atoms with Crippen LogP contribution in [-0.4, -0.2) is 50.0 Å². The SMILES string of the molecule is CC[C@H](C)NC(=O)[C@H](C)N(Cc1ccc(Cl)c(Cl)c1)C(=O)CCCN(c1ccccc1C)S(C)(=O)=O. The van der Waals surface area contributed by atoms with Crippen LogP contribution >= 0.6 is 23.2 Å². The number of nitrogens with one attached hydrogen (secondary N) is 1. The maximum Gasteiger partial charge on any atom is 0.242 e. The third kappa shape index (κ3) is 8.39. The zero-order valence-electron chi connectivity index (χ0n) is 21.4. The molecule has 2 aromatic rings. The van der Waals surface area contributed by atoms with E-state index in [0.29, 0.717) is 15.7 Å². The van der Waals surface area contributed by atoms with Gasteiger partial charge < -0.3 is 10.2 Å². The van der Waals surface area contributed by atoms with Crippen molar-refractivity contribution < 1.29 is 18.0 Å². The van der Waals surface area contributed by atoms with Gasteiger partial charge in [0.1, 0.15) is 6.04 Å². The number of hydrogen-bond acceptors (Lipinski definition) is 4. The zero-order valence-corrected chi connectivity index (χ0v) is 23.8. The number of anilines is 1. The number of sulfonamides is 1. The lowest BCUT2D eigenvalue weighted by Gasteiger charge is -2.30. The van der Waals surface area contributed by atoms with E-state index in [9.17, 15) is 18.0 Å². The summed E-state index contributed by atoms with van der Waals surface area (Å²) in [5.74, 6) is -0.512. The minimum atomic E-state index is -3.55. The van der Waals surface area contributed by atoms with E-state index in [4.69, 9.17) is 23.2 Å². The van der Waals surface area contributed by atoms with Crippen LogP contribution in [0.3, 0.4) is 0 Å². The van der Waals surface area contributed by atoms with Gasteiger partial charge in [-0.15, -0.1) is 0 Å². The van der Waals surface area contributed by atoms with Crippen molar-refractivity contribution >= 4 is 50.7 Å². The average Bonchev–Trinajstić information content (AvgIpc) is 2.81. The van der Waals surface area contributed by atoms with E-state index in [-0.39, 0.29) is 43.8 Å². The highest BCUT2D eigenvalue weighted by molar-refractivity contribution is 7.92. The van der Waals surface area contributed by atoms with Crippen molar-refractivity contribution in [2.45, 2.75) is 65.6 Å². The smallest absolute Gasteiger partial charge is 0.242 e. The summed E-state index contributed by atoms with van der Waals surface area (Å²) >= 11 is 12.2. The standard InChI is InChI=1S/C26H35Cl2N3O4S/c1-6-19(3)29-26(33)20(4)30(17-21-13-14-22(27)23(28)16-21)25(32)12-9-15-31(36(5,34)35)24-11-8-7-10-18(24)2/h7-8,10-11,13-14,16,19-20H,6,9,12,15,17H2,1-5H3,(H,29,33)/t19-,20-/m0/s1. The number of amides is 2. The van der Waals surface area contributed by atoms with Crippen LogP contribution in [0, 0.1) is 6.92 Å². The molecule has 0 aliphatic rings. The first kappa shape index (κ1) is 29.9.